The molecule has 1 aliphatic heterocycles. The molecule has 4 aliphatic rings. The first-order valence-electron chi connectivity index (χ1n) is 14.4. The molecule has 4 N–H and O–H groups in total. The molecule has 3 fully saturated rings. The summed E-state index contributed by atoms with van der Waals surface area (Å²) >= 11 is 0. The number of carbonyl (C=O) groups excluding carboxylic acids is 2. The Morgan fingerprint density at radius 1 is 1.14 bits per heavy atom. The number of carbonyl (C=O) groups is 2. The SMILES string of the molecule is COC1CC2OC[C@@]2(O)C2(C)[C@H](C)C3(O)CC(OC(=O)C(O)[C@@H](C)c4ccco4)C(C)=C(C(O)C(=O)[C@]12C)C3(C)C.[Ac].[Ac]. The average Bonchev–Trinajstić information content (AvgIpc) is 3.46. The molecule has 11 atom stereocenters. The first kappa shape index (κ1) is 38.3. The van der Waals surface area contributed by atoms with Crippen molar-refractivity contribution in [2.24, 2.45) is 22.2 Å². The molecule has 2 saturated carbocycles. The Morgan fingerprint density at radius 2 is 1.77 bits per heavy atom. The van der Waals surface area contributed by atoms with Crippen LogP contribution in [0.1, 0.15) is 73.0 Å². The molecule has 5 rings (SSSR count). The van der Waals surface area contributed by atoms with Crippen LogP contribution in [0.4, 0.5) is 0 Å². The van der Waals surface area contributed by atoms with E-state index < -0.39 is 81.6 Å². The minimum absolute atomic E-state index is 0. The molecule has 0 amide bonds. The van der Waals surface area contributed by atoms with Crippen molar-refractivity contribution < 1.29 is 137 Å². The second-order valence-electron chi connectivity index (χ2n) is 13.6. The molecule has 234 valence electrons. The van der Waals surface area contributed by atoms with Crippen molar-refractivity contribution in [2.75, 3.05) is 13.7 Å². The fraction of sp³-hybridized carbons (Fsp3) is 0.742. The number of aliphatic hydroxyl groups is 4. The number of hydrogen-bond donors (Lipinski definition) is 4. The minimum atomic E-state index is -1.67. The predicted octanol–water partition coefficient (Wildman–Crippen LogP) is 2.27. The number of furan rings is 1. The molecule has 0 aromatic carbocycles. The maximum atomic E-state index is 14.5. The van der Waals surface area contributed by atoms with Gasteiger partial charge in [0.2, 0.25) is 0 Å². The molecular weight excluding hydrogens is 986 g/mol. The van der Waals surface area contributed by atoms with Gasteiger partial charge in [0.1, 0.15) is 23.6 Å². The fourth-order valence-corrected chi connectivity index (χ4v) is 8.90. The van der Waals surface area contributed by atoms with Crippen molar-refractivity contribution in [3.63, 3.8) is 0 Å². The minimum Gasteiger partial charge on any atom is -0.469 e. The van der Waals surface area contributed by atoms with Gasteiger partial charge in [-0.05, 0) is 43.0 Å². The first-order chi connectivity index (χ1) is 18.9. The van der Waals surface area contributed by atoms with E-state index in [0.717, 1.165) is 0 Å². The Morgan fingerprint density at radius 3 is 2.28 bits per heavy atom. The zero-order chi connectivity index (χ0) is 30.5. The number of Topliss-reactive ketones (excluding diaryl/α,β-unsaturated/α-hetero) is 1. The molecule has 12 heteroatoms. The maximum Gasteiger partial charge on any atom is 0.336 e. The van der Waals surface area contributed by atoms with Gasteiger partial charge in [-0.3, -0.25) is 4.79 Å². The summed E-state index contributed by atoms with van der Waals surface area (Å²) in [4.78, 5) is 27.8. The van der Waals surface area contributed by atoms with E-state index in [-0.39, 0.29) is 113 Å². The molecule has 2 heterocycles. The zero-order valence-corrected chi connectivity index (χ0v) is 35.8. The van der Waals surface area contributed by atoms with Crippen LogP contribution in [0.25, 0.3) is 0 Å². The molecule has 1 aromatic rings. The summed E-state index contributed by atoms with van der Waals surface area (Å²) in [7, 11) is 1.50. The van der Waals surface area contributed by atoms with Crippen LogP contribution in [0.3, 0.4) is 0 Å². The number of aliphatic hydroxyl groups excluding tert-OH is 2. The van der Waals surface area contributed by atoms with Gasteiger partial charge in [0, 0.05) is 119 Å². The van der Waals surface area contributed by atoms with Gasteiger partial charge >= 0.3 is 5.97 Å². The van der Waals surface area contributed by atoms with Gasteiger partial charge in [0.25, 0.3) is 0 Å². The first-order valence-corrected chi connectivity index (χ1v) is 14.4. The van der Waals surface area contributed by atoms with E-state index in [1.807, 2.05) is 0 Å². The molecule has 43 heavy (non-hydrogen) atoms. The Bertz CT molecular complexity index is 1270. The standard InChI is InChI=1S/C31H44O10.2Ac/c1-15-19(41-26(35)23(32)16(2)18-10-9-11-39-18)13-30(36)17(3)29(7)28(6,25(34)24(33)22(15)27(30,4)5)20(38-8)12-21-31(29,37)14-40-21;;/h9-11,16-17,19-21,23-24,32-33,36-37H,12-14H2,1-8H3;;/t16-,17-,19?,20?,21?,23?,24?,28-,29?,30?,31-;;/m0../s1. The van der Waals surface area contributed by atoms with Gasteiger partial charge in [0.05, 0.1) is 42.0 Å². The van der Waals surface area contributed by atoms with Crippen LogP contribution in [-0.4, -0.2) is 87.6 Å². The van der Waals surface area contributed by atoms with Gasteiger partial charge in [0.15, 0.2) is 11.9 Å². The second-order valence-corrected chi connectivity index (χ2v) is 13.6. The molecule has 1 aromatic heterocycles. The zero-order valence-electron chi connectivity index (χ0n) is 26.3. The van der Waals surface area contributed by atoms with Gasteiger partial charge in [-0.25, -0.2) is 4.79 Å². The van der Waals surface area contributed by atoms with Crippen LogP contribution in [0, 0.1) is 110 Å². The third-order valence-electron chi connectivity index (χ3n) is 12.1. The van der Waals surface area contributed by atoms with Crippen molar-refractivity contribution in [2.45, 2.75) is 109 Å². The van der Waals surface area contributed by atoms with Crippen LogP contribution in [0.15, 0.2) is 34.0 Å². The number of rotatable bonds is 5. The molecule has 0 spiro atoms. The normalized spacial score (nSPS) is 42.9. The third kappa shape index (κ3) is 4.97. The van der Waals surface area contributed by atoms with E-state index in [1.54, 1.807) is 60.6 Å². The van der Waals surface area contributed by atoms with Crippen LogP contribution >= 0.6 is 0 Å². The number of methoxy groups -OCH3 is 1. The summed E-state index contributed by atoms with van der Waals surface area (Å²) in [6.45, 7) is 12.1. The van der Waals surface area contributed by atoms with Crippen molar-refractivity contribution in [3.05, 3.63) is 35.3 Å². The van der Waals surface area contributed by atoms with Crippen molar-refractivity contribution in [1.82, 2.24) is 0 Å². The molecule has 2 radical (unpaired) electrons. The molecular formula is C31H44Ac2O10. The third-order valence-corrected chi connectivity index (χ3v) is 12.1. The average molecular weight is 1030 g/mol. The summed E-state index contributed by atoms with van der Waals surface area (Å²) in [6.07, 6.45) is -3.93. The smallest absolute Gasteiger partial charge is 0.336 e. The Kier molecular flexibility index (Phi) is 11.3. The van der Waals surface area contributed by atoms with Crippen LogP contribution < -0.4 is 0 Å². The van der Waals surface area contributed by atoms with E-state index in [2.05, 4.69) is 0 Å². The molecule has 3 aliphatic carbocycles. The molecule has 7 unspecified atom stereocenters. The quantitative estimate of drug-likeness (QED) is 0.255. The Labute approximate surface area is 324 Å². The second kappa shape index (κ2) is 12.7. The predicted molar refractivity (Wildman–Crippen MR) is 146 cm³/mol. The summed E-state index contributed by atoms with van der Waals surface area (Å²) in [6, 6.07) is 3.31. The summed E-state index contributed by atoms with van der Waals surface area (Å²) < 4.78 is 22.8. The van der Waals surface area contributed by atoms with Gasteiger partial charge in [-0.1, -0.05) is 34.6 Å². The summed E-state index contributed by atoms with van der Waals surface area (Å²) in [5, 5.41) is 47.6. The summed E-state index contributed by atoms with van der Waals surface area (Å²) in [5.41, 5.74) is -6.31. The van der Waals surface area contributed by atoms with Crippen molar-refractivity contribution >= 4 is 11.8 Å². The topological polar surface area (TPSA) is 156 Å². The van der Waals surface area contributed by atoms with Gasteiger partial charge in [-0.15, -0.1) is 0 Å². The van der Waals surface area contributed by atoms with E-state index in [4.69, 9.17) is 18.6 Å². The van der Waals surface area contributed by atoms with Gasteiger partial charge in [-0.2, -0.15) is 0 Å². The van der Waals surface area contributed by atoms with Crippen molar-refractivity contribution in [3.8, 4) is 0 Å². The van der Waals surface area contributed by atoms with Crippen LogP contribution in [-0.2, 0) is 23.8 Å². The number of ether oxygens (including phenoxy) is 3. The fourth-order valence-electron chi connectivity index (χ4n) is 8.90. The van der Waals surface area contributed by atoms with Crippen LogP contribution in [0.2, 0.25) is 0 Å². The largest absolute Gasteiger partial charge is 0.469 e. The Balaban J connectivity index is 0.00000253. The maximum absolute atomic E-state index is 14.5. The molecule has 10 nitrogen and oxygen atoms in total. The van der Waals surface area contributed by atoms with E-state index >= 15 is 0 Å². The van der Waals surface area contributed by atoms with Gasteiger partial charge < -0.3 is 39.1 Å². The number of esters is 1. The summed E-state index contributed by atoms with van der Waals surface area (Å²) in [5.74, 6) is -2.49. The van der Waals surface area contributed by atoms with E-state index in [1.165, 1.54) is 13.4 Å². The van der Waals surface area contributed by atoms with Crippen LogP contribution in [0.5, 0.6) is 0 Å². The number of fused-ring (bicyclic) bond motifs is 5. The molecule has 2 bridgehead atoms. The van der Waals surface area contributed by atoms with Crippen molar-refractivity contribution in [1.29, 1.82) is 0 Å². The number of ketones is 1. The van der Waals surface area contributed by atoms with E-state index in [9.17, 15) is 30.0 Å². The number of hydrogen-bond acceptors (Lipinski definition) is 10. The molecule has 1 saturated heterocycles. The van der Waals surface area contributed by atoms with E-state index in [0.29, 0.717) is 11.3 Å². The Hall–Kier alpha value is 0.803. The monoisotopic (exact) mass is 1030 g/mol.